The summed E-state index contributed by atoms with van der Waals surface area (Å²) in [5.41, 5.74) is 2.81. The summed E-state index contributed by atoms with van der Waals surface area (Å²) < 4.78 is 0. The van der Waals surface area contributed by atoms with E-state index < -0.39 is 0 Å². The van der Waals surface area contributed by atoms with Crippen LogP contribution < -0.4 is 4.90 Å². The van der Waals surface area contributed by atoms with Crippen molar-refractivity contribution < 1.29 is 9.90 Å². The molecule has 0 bridgehead atoms. The molecule has 5 nitrogen and oxygen atoms in total. The van der Waals surface area contributed by atoms with Crippen LogP contribution in [0.5, 0.6) is 5.75 Å². The van der Waals surface area contributed by atoms with Crippen LogP contribution in [-0.2, 0) is 6.54 Å². The lowest BCUT2D eigenvalue weighted by atomic mass is 10.1. The lowest BCUT2D eigenvalue weighted by Gasteiger charge is -2.32. The fourth-order valence-corrected chi connectivity index (χ4v) is 4.39. The minimum Gasteiger partial charge on any atom is -0.508 e. The first-order valence-corrected chi connectivity index (χ1v) is 11.0. The molecular weight excluding hydrogens is 445 g/mol. The van der Waals surface area contributed by atoms with Gasteiger partial charge in [-0.25, -0.2) is 0 Å². The number of aromatic hydroxyl groups is 1. The van der Waals surface area contributed by atoms with Crippen molar-refractivity contribution in [2.24, 2.45) is 0 Å². The molecule has 32 heavy (non-hydrogen) atoms. The number of benzene rings is 3. The molecule has 1 amide bonds. The Balaban J connectivity index is 1.61. The predicted octanol–water partition coefficient (Wildman–Crippen LogP) is 5.49. The third-order valence-electron chi connectivity index (χ3n) is 5.71. The highest BCUT2D eigenvalue weighted by molar-refractivity contribution is 6.32. The molecule has 1 fully saturated rings. The number of likely N-dealkylation sites (tertiary alicyclic amines) is 1. The molecule has 162 valence electrons. The normalized spacial score (nSPS) is 15.4. The summed E-state index contributed by atoms with van der Waals surface area (Å²) in [5, 5.41) is 19.8. The summed E-state index contributed by atoms with van der Waals surface area (Å²) in [6, 6.07) is 21.5. The number of halogens is 2. The highest BCUT2D eigenvalue weighted by Crippen LogP contribution is 2.31. The van der Waals surface area contributed by atoms with Crippen molar-refractivity contribution in [2.75, 3.05) is 18.0 Å². The Hall–Kier alpha value is -3.20. The third kappa shape index (κ3) is 4.67. The molecule has 4 rings (SSSR count). The summed E-state index contributed by atoms with van der Waals surface area (Å²) >= 11 is 12.8. The molecule has 0 radical (unpaired) electrons. The van der Waals surface area contributed by atoms with Gasteiger partial charge in [0.25, 0.3) is 5.91 Å². The van der Waals surface area contributed by atoms with Gasteiger partial charge in [-0.3, -0.25) is 4.79 Å². The van der Waals surface area contributed by atoms with E-state index in [4.69, 9.17) is 23.2 Å². The second kappa shape index (κ2) is 9.52. The number of nitrogens with zero attached hydrogens (tertiary/aromatic N) is 3. The van der Waals surface area contributed by atoms with Crippen molar-refractivity contribution in [1.82, 2.24) is 4.90 Å². The maximum atomic E-state index is 13.0. The summed E-state index contributed by atoms with van der Waals surface area (Å²) in [5.74, 6) is 0.0625. The Morgan fingerprint density at radius 2 is 1.84 bits per heavy atom. The van der Waals surface area contributed by atoms with Crippen LogP contribution in [0.1, 0.15) is 27.9 Å². The van der Waals surface area contributed by atoms with E-state index >= 15 is 0 Å². The van der Waals surface area contributed by atoms with Crippen molar-refractivity contribution in [3.05, 3.63) is 93.5 Å². The van der Waals surface area contributed by atoms with Crippen LogP contribution in [0, 0.1) is 11.3 Å². The van der Waals surface area contributed by atoms with Gasteiger partial charge in [-0.2, -0.15) is 5.26 Å². The van der Waals surface area contributed by atoms with Crippen molar-refractivity contribution in [3.63, 3.8) is 0 Å². The van der Waals surface area contributed by atoms with Crippen LogP contribution in [0.2, 0.25) is 10.0 Å². The summed E-state index contributed by atoms with van der Waals surface area (Å²) in [4.78, 5) is 17.0. The van der Waals surface area contributed by atoms with Gasteiger partial charge in [-0.15, -0.1) is 0 Å². The molecule has 7 heteroatoms. The second-order valence-corrected chi connectivity index (χ2v) is 8.55. The quantitative estimate of drug-likeness (QED) is 0.540. The van der Waals surface area contributed by atoms with Gasteiger partial charge in [-0.1, -0.05) is 41.4 Å². The molecule has 1 aliphatic rings. The zero-order valence-electron chi connectivity index (χ0n) is 17.2. The average Bonchev–Trinajstić information content (AvgIpc) is 3.28. The van der Waals surface area contributed by atoms with Crippen molar-refractivity contribution >= 4 is 34.8 Å². The van der Waals surface area contributed by atoms with E-state index in [1.807, 2.05) is 35.2 Å². The van der Waals surface area contributed by atoms with Gasteiger partial charge in [0.15, 0.2) is 0 Å². The molecule has 1 unspecified atom stereocenters. The first-order chi connectivity index (χ1) is 15.5. The number of phenols is 1. The van der Waals surface area contributed by atoms with E-state index in [-0.39, 0.29) is 17.7 Å². The predicted molar refractivity (Wildman–Crippen MR) is 126 cm³/mol. The molecule has 0 aromatic heterocycles. The minimum absolute atomic E-state index is 0.0522. The van der Waals surface area contributed by atoms with E-state index in [9.17, 15) is 15.2 Å². The molecule has 3 aromatic rings. The van der Waals surface area contributed by atoms with Crippen molar-refractivity contribution in [3.8, 4) is 11.8 Å². The topological polar surface area (TPSA) is 67.6 Å². The Kier molecular flexibility index (Phi) is 6.55. The first kappa shape index (κ1) is 22.0. The van der Waals surface area contributed by atoms with Crippen LogP contribution in [0.4, 0.5) is 5.69 Å². The van der Waals surface area contributed by atoms with Crippen molar-refractivity contribution in [2.45, 2.75) is 19.0 Å². The average molecular weight is 466 g/mol. The lowest BCUT2D eigenvalue weighted by molar-refractivity contribution is 0.0790. The highest BCUT2D eigenvalue weighted by Gasteiger charge is 2.31. The molecule has 0 aliphatic carbocycles. The third-order valence-corrected chi connectivity index (χ3v) is 6.39. The number of phenolic OH excluding ortho intramolecular Hbond substituents is 1. The monoisotopic (exact) mass is 465 g/mol. The molecule has 0 saturated carbocycles. The first-order valence-electron chi connectivity index (χ1n) is 10.2. The second-order valence-electron chi connectivity index (χ2n) is 7.74. The number of carbonyl (C=O) groups excluding carboxylic acids is 1. The number of hydrogen-bond acceptors (Lipinski definition) is 4. The number of rotatable bonds is 5. The zero-order chi connectivity index (χ0) is 22.7. The molecule has 1 aliphatic heterocycles. The van der Waals surface area contributed by atoms with Gasteiger partial charge in [0.05, 0.1) is 10.6 Å². The molecule has 3 aromatic carbocycles. The molecule has 0 spiro atoms. The minimum atomic E-state index is -0.0666. The Labute approximate surface area is 197 Å². The highest BCUT2D eigenvalue weighted by atomic mass is 35.5. The van der Waals surface area contributed by atoms with Crippen LogP contribution in [-0.4, -0.2) is 35.0 Å². The van der Waals surface area contributed by atoms with E-state index in [2.05, 4.69) is 11.0 Å². The summed E-state index contributed by atoms with van der Waals surface area (Å²) in [6.45, 7) is 1.71. The van der Waals surface area contributed by atoms with Crippen LogP contribution in [0.25, 0.3) is 0 Å². The number of nitriles is 1. The van der Waals surface area contributed by atoms with Crippen molar-refractivity contribution in [1.29, 1.82) is 5.26 Å². The number of carbonyl (C=O) groups is 1. The number of amides is 1. The number of hydrogen-bond donors (Lipinski definition) is 1. The van der Waals surface area contributed by atoms with Crippen LogP contribution in [0.15, 0.2) is 66.7 Å². The maximum absolute atomic E-state index is 13.0. The van der Waals surface area contributed by atoms with Gasteiger partial charge in [0.2, 0.25) is 0 Å². The molecule has 1 heterocycles. The smallest absolute Gasteiger partial charge is 0.253 e. The lowest BCUT2D eigenvalue weighted by Crippen LogP contribution is -2.38. The van der Waals surface area contributed by atoms with Gasteiger partial charge in [0, 0.05) is 41.9 Å². The fourth-order valence-electron chi connectivity index (χ4n) is 3.98. The van der Waals surface area contributed by atoms with E-state index in [1.54, 1.807) is 24.3 Å². The van der Waals surface area contributed by atoms with Gasteiger partial charge in [0.1, 0.15) is 11.8 Å². The standard InChI is InChI=1S/C25H21Cl2N3O2/c26-23-4-2-1-3-19(23)15-30(20-8-5-18(14-28)24(27)13-20)21-11-12-29(16-21)25(32)17-6-9-22(31)10-7-17/h1-10,13,21,31H,11-12,15-16H2. The molecule has 1 saturated heterocycles. The van der Waals surface area contributed by atoms with E-state index in [1.165, 1.54) is 12.1 Å². The van der Waals surface area contributed by atoms with E-state index in [0.29, 0.717) is 40.8 Å². The van der Waals surface area contributed by atoms with Gasteiger partial charge < -0.3 is 14.9 Å². The number of anilines is 1. The Morgan fingerprint density at radius 3 is 2.53 bits per heavy atom. The maximum Gasteiger partial charge on any atom is 0.253 e. The largest absolute Gasteiger partial charge is 0.508 e. The zero-order valence-corrected chi connectivity index (χ0v) is 18.7. The Bertz CT molecular complexity index is 1170. The molecule has 1 N–H and O–H groups in total. The molecule has 1 atom stereocenters. The van der Waals surface area contributed by atoms with E-state index in [0.717, 1.165) is 17.7 Å². The van der Waals surface area contributed by atoms with Crippen LogP contribution >= 0.6 is 23.2 Å². The van der Waals surface area contributed by atoms with Gasteiger partial charge in [-0.05, 0) is 60.5 Å². The van der Waals surface area contributed by atoms with Gasteiger partial charge >= 0.3 is 0 Å². The van der Waals surface area contributed by atoms with Crippen LogP contribution in [0.3, 0.4) is 0 Å². The summed E-state index contributed by atoms with van der Waals surface area (Å²) in [6.07, 6.45) is 0.784. The SMILES string of the molecule is N#Cc1ccc(N(Cc2ccccc2Cl)C2CCN(C(=O)c3ccc(O)cc3)C2)cc1Cl. The summed E-state index contributed by atoms with van der Waals surface area (Å²) in [7, 11) is 0. The fraction of sp³-hybridized carbons (Fsp3) is 0.200. The Morgan fingerprint density at radius 1 is 1.09 bits per heavy atom. The molecular formula is C25H21Cl2N3O2.